The van der Waals surface area contributed by atoms with Gasteiger partial charge in [0.05, 0.1) is 0 Å². The maximum atomic E-state index is 3.91. The van der Waals surface area contributed by atoms with Crippen LogP contribution in [-0.2, 0) is 6.42 Å². The lowest BCUT2D eigenvalue weighted by Gasteiger charge is -2.19. The zero-order chi connectivity index (χ0) is 13.2. The Balaban J connectivity index is 2.35. The van der Waals surface area contributed by atoms with Gasteiger partial charge in [0.25, 0.3) is 0 Å². The van der Waals surface area contributed by atoms with E-state index in [0.717, 1.165) is 18.9 Å². The number of hydrogen-bond donors (Lipinski definition) is 1. The standard InChI is InChI=1S/C17H28N/c1-4-14-18-17(12-10-15(2)3)13-11-16-8-6-5-7-9-16/h5-9,15,17-18H,1,4,10-14H2,2-3H3. The van der Waals surface area contributed by atoms with Crippen LogP contribution in [-0.4, -0.2) is 12.6 Å². The Kier molecular flexibility index (Phi) is 7.75. The third kappa shape index (κ3) is 6.80. The molecular weight excluding hydrogens is 218 g/mol. The monoisotopic (exact) mass is 246 g/mol. The van der Waals surface area contributed by atoms with Gasteiger partial charge in [-0.25, -0.2) is 0 Å². The molecule has 0 fully saturated rings. The van der Waals surface area contributed by atoms with Crippen LogP contribution in [0.1, 0.15) is 45.1 Å². The third-order valence-electron chi connectivity index (χ3n) is 3.33. The van der Waals surface area contributed by atoms with Gasteiger partial charge in [0.15, 0.2) is 0 Å². The quantitative estimate of drug-likeness (QED) is 0.687. The topological polar surface area (TPSA) is 12.0 Å². The third-order valence-corrected chi connectivity index (χ3v) is 3.33. The lowest BCUT2D eigenvalue weighted by molar-refractivity contribution is 0.412. The molecule has 0 amide bonds. The molecule has 1 radical (unpaired) electrons. The first-order valence-corrected chi connectivity index (χ1v) is 7.29. The van der Waals surface area contributed by atoms with E-state index in [1.165, 1.54) is 31.2 Å². The van der Waals surface area contributed by atoms with Crippen LogP contribution < -0.4 is 5.32 Å². The Morgan fingerprint density at radius 2 is 1.78 bits per heavy atom. The summed E-state index contributed by atoms with van der Waals surface area (Å²) in [6.45, 7) is 9.55. The van der Waals surface area contributed by atoms with Gasteiger partial charge in [-0.1, -0.05) is 51.1 Å². The highest BCUT2D eigenvalue weighted by Gasteiger charge is 2.08. The first-order chi connectivity index (χ1) is 8.72. The number of hydrogen-bond acceptors (Lipinski definition) is 1. The Morgan fingerprint density at radius 3 is 2.39 bits per heavy atom. The van der Waals surface area contributed by atoms with Crippen molar-refractivity contribution in [1.29, 1.82) is 0 Å². The zero-order valence-corrected chi connectivity index (χ0v) is 12.0. The molecular formula is C17H28N. The second kappa shape index (κ2) is 9.16. The van der Waals surface area contributed by atoms with Crippen molar-refractivity contribution >= 4 is 0 Å². The van der Waals surface area contributed by atoms with Crippen molar-refractivity contribution in [2.75, 3.05) is 6.54 Å². The minimum atomic E-state index is 0.648. The predicted molar refractivity (Wildman–Crippen MR) is 80.6 cm³/mol. The first-order valence-electron chi connectivity index (χ1n) is 7.29. The molecule has 0 spiro atoms. The number of aryl methyl sites for hydroxylation is 1. The van der Waals surface area contributed by atoms with Crippen LogP contribution in [0.2, 0.25) is 0 Å². The number of rotatable bonds is 9. The molecule has 1 unspecified atom stereocenters. The van der Waals surface area contributed by atoms with Gasteiger partial charge in [0.1, 0.15) is 0 Å². The molecule has 1 heteroatoms. The second-order valence-electron chi connectivity index (χ2n) is 5.50. The smallest absolute Gasteiger partial charge is 0.00703 e. The van der Waals surface area contributed by atoms with Crippen LogP contribution in [0.3, 0.4) is 0 Å². The van der Waals surface area contributed by atoms with Crippen LogP contribution in [0, 0.1) is 12.8 Å². The Bertz CT molecular complexity index is 292. The summed E-state index contributed by atoms with van der Waals surface area (Å²) in [6, 6.07) is 11.4. The number of benzene rings is 1. The molecule has 1 aromatic rings. The molecule has 0 aromatic heterocycles. The summed E-state index contributed by atoms with van der Waals surface area (Å²) in [7, 11) is 0. The number of nitrogens with one attached hydrogen (secondary N) is 1. The Hall–Kier alpha value is -0.820. The molecule has 0 aliphatic carbocycles. The van der Waals surface area contributed by atoms with Crippen LogP contribution in [0.25, 0.3) is 0 Å². The van der Waals surface area contributed by atoms with Gasteiger partial charge < -0.3 is 5.32 Å². The molecule has 0 saturated carbocycles. The summed E-state index contributed by atoms with van der Waals surface area (Å²) in [6.07, 6.45) is 5.97. The highest BCUT2D eigenvalue weighted by atomic mass is 14.9. The SMILES string of the molecule is [CH2]CCNC(CCc1ccccc1)CCC(C)C. The van der Waals surface area contributed by atoms with Crippen molar-refractivity contribution in [3.63, 3.8) is 0 Å². The maximum absolute atomic E-state index is 3.91. The second-order valence-corrected chi connectivity index (χ2v) is 5.50. The van der Waals surface area contributed by atoms with Crippen LogP contribution in [0.5, 0.6) is 0 Å². The van der Waals surface area contributed by atoms with E-state index in [1.54, 1.807) is 0 Å². The van der Waals surface area contributed by atoms with Gasteiger partial charge in [-0.05, 0) is 50.1 Å². The van der Waals surface area contributed by atoms with Crippen molar-refractivity contribution in [3.8, 4) is 0 Å². The summed E-state index contributed by atoms with van der Waals surface area (Å²) in [5, 5.41) is 3.63. The summed E-state index contributed by atoms with van der Waals surface area (Å²) < 4.78 is 0. The van der Waals surface area contributed by atoms with Crippen LogP contribution >= 0.6 is 0 Å². The van der Waals surface area contributed by atoms with E-state index >= 15 is 0 Å². The zero-order valence-electron chi connectivity index (χ0n) is 12.0. The predicted octanol–water partition coefficient (Wildman–Crippen LogP) is 4.24. The summed E-state index contributed by atoms with van der Waals surface area (Å²) in [5.41, 5.74) is 1.45. The van der Waals surface area contributed by atoms with E-state index in [0.29, 0.717) is 6.04 Å². The molecule has 0 heterocycles. The van der Waals surface area contributed by atoms with E-state index < -0.39 is 0 Å². The average Bonchev–Trinajstić information content (AvgIpc) is 2.39. The maximum Gasteiger partial charge on any atom is 0.00703 e. The largest absolute Gasteiger partial charge is 0.314 e. The fourth-order valence-corrected chi connectivity index (χ4v) is 2.17. The fourth-order valence-electron chi connectivity index (χ4n) is 2.17. The fraction of sp³-hybridized carbons (Fsp3) is 0.588. The molecule has 0 saturated heterocycles. The van der Waals surface area contributed by atoms with Crippen molar-refractivity contribution in [3.05, 3.63) is 42.8 Å². The first kappa shape index (κ1) is 15.2. The molecule has 0 bridgehead atoms. The Labute approximate surface area is 113 Å². The van der Waals surface area contributed by atoms with E-state index in [2.05, 4.69) is 56.4 Å². The van der Waals surface area contributed by atoms with Crippen LogP contribution in [0.4, 0.5) is 0 Å². The summed E-state index contributed by atoms with van der Waals surface area (Å²) in [4.78, 5) is 0. The van der Waals surface area contributed by atoms with Crippen LogP contribution in [0.15, 0.2) is 30.3 Å². The van der Waals surface area contributed by atoms with Gasteiger partial charge in [-0.2, -0.15) is 0 Å². The minimum Gasteiger partial charge on any atom is -0.314 e. The normalized spacial score (nSPS) is 12.9. The molecule has 1 aromatic carbocycles. The molecule has 101 valence electrons. The Morgan fingerprint density at radius 1 is 1.06 bits per heavy atom. The van der Waals surface area contributed by atoms with Crippen molar-refractivity contribution in [2.24, 2.45) is 5.92 Å². The molecule has 1 rings (SSSR count). The van der Waals surface area contributed by atoms with Crippen molar-refractivity contribution in [1.82, 2.24) is 5.32 Å². The van der Waals surface area contributed by atoms with Gasteiger partial charge in [0.2, 0.25) is 0 Å². The average molecular weight is 246 g/mol. The lowest BCUT2D eigenvalue weighted by atomic mass is 9.98. The van der Waals surface area contributed by atoms with E-state index in [1.807, 2.05) is 0 Å². The molecule has 1 N–H and O–H groups in total. The van der Waals surface area contributed by atoms with E-state index in [-0.39, 0.29) is 0 Å². The lowest BCUT2D eigenvalue weighted by Crippen LogP contribution is -2.30. The summed E-state index contributed by atoms with van der Waals surface area (Å²) in [5.74, 6) is 0.797. The highest BCUT2D eigenvalue weighted by Crippen LogP contribution is 2.12. The highest BCUT2D eigenvalue weighted by molar-refractivity contribution is 5.14. The van der Waals surface area contributed by atoms with Gasteiger partial charge >= 0.3 is 0 Å². The van der Waals surface area contributed by atoms with Gasteiger partial charge in [-0.15, -0.1) is 0 Å². The van der Waals surface area contributed by atoms with Crippen molar-refractivity contribution < 1.29 is 0 Å². The summed E-state index contributed by atoms with van der Waals surface area (Å²) >= 11 is 0. The molecule has 0 aliphatic heterocycles. The van der Waals surface area contributed by atoms with Gasteiger partial charge in [0, 0.05) is 6.04 Å². The van der Waals surface area contributed by atoms with Gasteiger partial charge in [-0.3, -0.25) is 0 Å². The van der Waals surface area contributed by atoms with E-state index in [4.69, 9.17) is 0 Å². The molecule has 18 heavy (non-hydrogen) atoms. The minimum absolute atomic E-state index is 0.648. The van der Waals surface area contributed by atoms with E-state index in [9.17, 15) is 0 Å². The molecule has 0 aliphatic rings. The van der Waals surface area contributed by atoms with Crippen molar-refractivity contribution in [2.45, 2.75) is 52.0 Å². The molecule has 1 atom stereocenters. The molecule has 1 nitrogen and oxygen atoms in total.